The van der Waals surface area contributed by atoms with Crippen molar-refractivity contribution in [2.75, 3.05) is 6.54 Å². The third-order valence-electron chi connectivity index (χ3n) is 2.61. The molecule has 0 saturated carbocycles. The van der Waals surface area contributed by atoms with E-state index in [-0.39, 0.29) is 23.8 Å². The van der Waals surface area contributed by atoms with Crippen molar-refractivity contribution >= 4 is 11.8 Å². The molecule has 4 heteroatoms. The van der Waals surface area contributed by atoms with Gasteiger partial charge in [0.05, 0.1) is 0 Å². The van der Waals surface area contributed by atoms with Gasteiger partial charge in [0.25, 0.3) is 0 Å². The Balaban J connectivity index is 2.75. The molecule has 1 aliphatic rings. The van der Waals surface area contributed by atoms with Gasteiger partial charge in [-0.1, -0.05) is 13.8 Å². The van der Waals surface area contributed by atoms with Gasteiger partial charge in [-0.2, -0.15) is 0 Å². The zero-order valence-electron chi connectivity index (χ0n) is 8.12. The Morgan fingerprint density at radius 3 is 2.62 bits per heavy atom. The molecule has 1 saturated heterocycles. The van der Waals surface area contributed by atoms with E-state index >= 15 is 0 Å². The fourth-order valence-corrected chi connectivity index (χ4v) is 1.86. The Morgan fingerprint density at radius 2 is 2.15 bits per heavy atom. The zero-order valence-corrected chi connectivity index (χ0v) is 8.12. The molecule has 2 atom stereocenters. The molecular formula is C9H16N2O2. The Kier molecular flexibility index (Phi) is 2.90. The van der Waals surface area contributed by atoms with Crippen molar-refractivity contribution in [1.29, 1.82) is 0 Å². The predicted molar refractivity (Wildman–Crippen MR) is 48.8 cm³/mol. The molecule has 0 spiro atoms. The van der Waals surface area contributed by atoms with Gasteiger partial charge in [0.2, 0.25) is 11.8 Å². The molecule has 1 heterocycles. The molecule has 2 N–H and O–H groups in total. The first-order valence-electron chi connectivity index (χ1n) is 4.66. The fraction of sp³-hybridized carbons (Fsp3) is 0.778. The standard InChI is InChI=1S/C9H16N2O2/c1-3-7(12)11-5-4-6(2)8(11)9(10)13/h6,8H,3-5H2,1-2H3,(H2,10,13). The number of carbonyl (C=O) groups is 2. The number of likely N-dealkylation sites (tertiary alicyclic amines) is 1. The summed E-state index contributed by atoms with van der Waals surface area (Å²) in [5.41, 5.74) is 5.24. The van der Waals surface area contributed by atoms with E-state index in [4.69, 9.17) is 5.73 Å². The third-order valence-corrected chi connectivity index (χ3v) is 2.61. The second-order valence-corrected chi connectivity index (χ2v) is 3.55. The molecule has 0 bridgehead atoms. The monoisotopic (exact) mass is 184 g/mol. The topological polar surface area (TPSA) is 63.4 Å². The summed E-state index contributed by atoms with van der Waals surface area (Å²) in [5.74, 6) is -0.159. The van der Waals surface area contributed by atoms with Crippen molar-refractivity contribution in [3.05, 3.63) is 0 Å². The summed E-state index contributed by atoms with van der Waals surface area (Å²) in [6.07, 6.45) is 1.32. The lowest BCUT2D eigenvalue weighted by Crippen LogP contribution is -2.45. The number of primary amides is 1. The van der Waals surface area contributed by atoms with Crippen molar-refractivity contribution in [2.24, 2.45) is 11.7 Å². The lowest BCUT2D eigenvalue weighted by Gasteiger charge is -2.23. The quantitative estimate of drug-likeness (QED) is 0.662. The molecule has 2 unspecified atom stereocenters. The fourth-order valence-electron chi connectivity index (χ4n) is 1.86. The van der Waals surface area contributed by atoms with Crippen LogP contribution >= 0.6 is 0 Å². The largest absolute Gasteiger partial charge is 0.368 e. The van der Waals surface area contributed by atoms with Gasteiger partial charge in [-0.05, 0) is 12.3 Å². The maximum Gasteiger partial charge on any atom is 0.240 e. The highest BCUT2D eigenvalue weighted by atomic mass is 16.2. The third kappa shape index (κ3) is 1.82. The van der Waals surface area contributed by atoms with Crippen molar-refractivity contribution in [2.45, 2.75) is 32.7 Å². The molecule has 4 nitrogen and oxygen atoms in total. The van der Waals surface area contributed by atoms with Gasteiger partial charge in [-0.15, -0.1) is 0 Å². The van der Waals surface area contributed by atoms with Gasteiger partial charge < -0.3 is 10.6 Å². The number of carbonyl (C=O) groups excluding carboxylic acids is 2. The minimum atomic E-state index is -0.383. The smallest absolute Gasteiger partial charge is 0.240 e. The van der Waals surface area contributed by atoms with Crippen LogP contribution in [0.2, 0.25) is 0 Å². The first-order valence-corrected chi connectivity index (χ1v) is 4.66. The molecular weight excluding hydrogens is 168 g/mol. The first-order chi connectivity index (χ1) is 6.07. The van der Waals surface area contributed by atoms with E-state index < -0.39 is 0 Å². The minimum Gasteiger partial charge on any atom is -0.368 e. The molecule has 0 aromatic carbocycles. The highest BCUT2D eigenvalue weighted by Gasteiger charge is 2.37. The normalized spacial score (nSPS) is 27.7. The van der Waals surface area contributed by atoms with E-state index in [1.165, 1.54) is 0 Å². The van der Waals surface area contributed by atoms with Gasteiger partial charge in [0.1, 0.15) is 6.04 Å². The lowest BCUT2D eigenvalue weighted by atomic mass is 10.0. The summed E-state index contributed by atoms with van der Waals surface area (Å²) in [6, 6.07) is -0.382. The van der Waals surface area contributed by atoms with Crippen LogP contribution in [-0.4, -0.2) is 29.3 Å². The molecule has 74 valence electrons. The summed E-state index contributed by atoms with van der Waals surface area (Å²) in [6.45, 7) is 4.42. The van der Waals surface area contributed by atoms with Gasteiger partial charge >= 0.3 is 0 Å². The van der Waals surface area contributed by atoms with Crippen LogP contribution in [0.3, 0.4) is 0 Å². The molecule has 1 rings (SSSR count). The SMILES string of the molecule is CCC(=O)N1CCC(C)C1C(N)=O. The van der Waals surface area contributed by atoms with Crippen LogP contribution in [0.5, 0.6) is 0 Å². The second-order valence-electron chi connectivity index (χ2n) is 3.55. The lowest BCUT2D eigenvalue weighted by molar-refractivity contribution is -0.137. The van der Waals surface area contributed by atoms with E-state index in [1.807, 2.05) is 6.92 Å². The predicted octanol–water partition coefficient (Wildman–Crippen LogP) is 0.119. The van der Waals surface area contributed by atoms with Crippen molar-refractivity contribution < 1.29 is 9.59 Å². The van der Waals surface area contributed by atoms with E-state index in [2.05, 4.69) is 0 Å². The molecule has 1 aliphatic heterocycles. The summed E-state index contributed by atoms with van der Waals surface area (Å²) in [4.78, 5) is 24.1. The van der Waals surface area contributed by atoms with Crippen LogP contribution in [0.25, 0.3) is 0 Å². The second kappa shape index (κ2) is 3.77. The highest BCUT2D eigenvalue weighted by Crippen LogP contribution is 2.23. The number of hydrogen-bond donors (Lipinski definition) is 1. The maximum absolute atomic E-state index is 11.4. The van der Waals surface area contributed by atoms with E-state index in [0.717, 1.165) is 6.42 Å². The molecule has 1 fully saturated rings. The van der Waals surface area contributed by atoms with Gasteiger partial charge in [0.15, 0.2) is 0 Å². The summed E-state index contributed by atoms with van der Waals surface area (Å²) >= 11 is 0. The molecule has 0 radical (unpaired) electrons. The van der Waals surface area contributed by atoms with Gasteiger partial charge in [-0.25, -0.2) is 0 Å². The average Bonchev–Trinajstić information content (AvgIpc) is 2.45. The molecule has 0 aromatic rings. The number of amides is 2. The summed E-state index contributed by atoms with van der Waals surface area (Å²) < 4.78 is 0. The van der Waals surface area contributed by atoms with Crippen molar-refractivity contribution in [3.63, 3.8) is 0 Å². The van der Waals surface area contributed by atoms with Crippen LogP contribution in [0.1, 0.15) is 26.7 Å². The minimum absolute atomic E-state index is 0.0214. The van der Waals surface area contributed by atoms with Crippen molar-refractivity contribution in [1.82, 2.24) is 4.90 Å². The summed E-state index contributed by atoms with van der Waals surface area (Å²) in [5, 5.41) is 0. The first kappa shape index (κ1) is 10.0. The van der Waals surface area contributed by atoms with E-state index in [0.29, 0.717) is 13.0 Å². The Bertz CT molecular complexity index is 228. The summed E-state index contributed by atoms with van der Waals surface area (Å²) in [7, 11) is 0. The van der Waals surface area contributed by atoms with E-state index in [9.17, 15) is 9.59 Å². The molecule has 2 amide bonds. The van der Waals surface area contributed by atoms with Gasteiger partial charge in [0, 0.05) is 13.0 Å². The van der Waals surface area contributed by atoms with E-state index in [1.54, 1.807) is 11.8 Å². The van der Waals surface area contributed by atoms with Gasteiger partial charge in [-0.3, -0.25) is 9.59 Å². The average molecular weight is 184 g/mol. The van der Waals surface area contributed by atoms with Crippen LogP contribution < -0.4 is 5.73 Å². The zero-order chi connectivity index (χ0) is 10.0. The van der Waals surface area contributed by atoms with Crippen LogP contribution in [0.15, 0.2) is 0 Å². The number of rotatable bonds is 2. The number of nitrogens with two attached hydrogens (primary N) is 1. The molecule has 0 aromatic heterocycles. The van der Waals surface area contributed by atoms with Crippen LogP contribution in [-0.2, 0) is 9.59 Å². The van der Waals surface area contributed by atoms with Crippen LogP contribution in [0.4, 0.5) is 0 Å². The Hall–Kier alpha value is -1.06. The highest BCUT2D eigenvalue weighted by molar-refractivity contribution is 5.87. The van der Waals surface area contributed by atoms with Crippen LogP contribution in [0, 0.1) is 5.92 Å². The Morgan fingerprint density at radius 1 is 1.54 bits per heavy atom. The maximum atomic E-state index is 11.4. The number of nitrogens with zero attached hydrogens (tertiary/aromatic N) is 1. The molecule has 0 aliphatic carbocycles. The van der Waals surface area contributed by atoms with Crippen molar-refractivity contribution in [3.8, 4) is 0 Å². The molecule has 13 heavy (non-hydrogen) atoms. The number of hydrogen-bond acceptors (Lipinski definition) is 2. The Labute approximate surface area is 78.1 Å².